The summed E-state index contributed by atoms with van der Waals surface area (Å²) in [6.45, 7) is 5.14. The lowest BCUT2D eigenvalue weighted by atomic mass is 10.1. The Hall–Kier alpha value is -2.59. The van der Waals surface area contributed by atoms with Crippen LogP contribution < -0.4 is 10.5 Å². The number of rotatable bonds is 5. The molecule has 0 bridgehead atoms. The molecule has 0 saturated heterocycles. The van der Waals surface area contributed by atoms with Crippen LogP contribution in [0, 0.1) is 6.92 Å². The molecule has 0 aliphatic rings. The topological polar surface area (TPSA) is 53.1 Å². The summed E-state index contributed by atoms with van der Waals surface area (Å²) in [5.74, 6) is 0.861. The number of nitrogens with zero attached hydrogens (tertiary/aromatic N) is 2. The van der Waals surface area contributed by atoms with Crippen molar-refractivity contribution in [2.75, 3.05) is 6.61 Å². The second kappa shape index (κ2) is 6.67. The number of nitrogens with two attached hydrogens (primary N) is 1. The third kappa shape index (κ3) is 3.27. The first-order valence-electron chi connectivity index (χ1n) is 7.80. The fraction of sp³-hybridized carbons (Fsp3) is 0.211. The second-order valence-electron chi connectivity index (χ2n) is 5.43. The van der Waals surface area contributed by atoms with Crippen LogP contribution >= 0.6 is 0 Å². The van der Waals surface area contributed by atoms with Gasteiger partial charge in [0.15, 0.2) is 0 Å². The van der Waals surface area contributed by atoms with Crippen molar-refractivity contribution in [1.29, 1.82) is 0 Å². The molecule has 4 nitrogen and oxygen atoms in total. The summed E-state index contributed by atoms with van der Waals surface area (Å²) in [5.41, 5.74) is 11.0. The van der Waals surface area contributed by atoms with Crippen molar-refractivity contribution >= 4 is 0 Å². The van der Waals surface area contributed by atoms with Gasteiger partial charge in [0.25, 0.3) is 0 Å². The van der Waals surface area contributed by atoms with E-state index < -0.39 is 0 Å². The van der Waals surface area contributed by atoms with Crippen molar-refractivity contribution in [1.82, 2.24) is 9.78 Å². The first kappa shape index (κ1) is 15.3. The van der Waals surface area contributed by atoms with Crippen LogP contribution in [0.5, 0.6) is 5.75 Å². The SMILES string of the molecule is CCOc1ccc(-n2nc(CN)cc2-c2ccc(C)cc2)cc1. The van der Waals surface area contributed by atoms with Gasteiger partial charge in [-0.1, -0.05) is 29.8 Å². The molecule has 0 unspecified atom stereocenters. The van der Waals surface area contributed by atoms with Crippen molar-refractivity contribution in [2.45, 2.75) is 20.4 Å². The van der Waals surface area contributed by atoms with Gasteiger partial charge < -0.3 is 10.5 Å². The number of ether oxygens (including phenoxy) is 1. The van der Waals surface area contributed by atoms with Gasteiger partial charge in [0.05, 0.1) is 23.7 Å². The predicted octanol–water partition coefficient (Wildman–Crippen LogP) is 3.71. The summed E-state index contributed by atoms with van der Waals surface area (Å²) in [5, 5.41) is 4.62. The minimum Gasteiger partial charge on any atom is -0.494 e. The number of aromatic nitrogens is 2. The highest BCUT2D eigenvalue weighted by molar-refractivity contribution is 5.63. The Morgan fingerprint density at radius 1 is 1.04 bits per heavy atom. The first-order chi connectivity index (χ1) is 11.2. The van der Waals surface area contributed by atoms with Crippen LogP contribution in [-0.4, -0.2) is 16.4 Å². The molecule has 0 aliphatic carbocycles. The molecule has 3 rings (SSSR count). The molecule has 2 aromatic carbocycles. The van der Waals surface area contributed by atoms with Crippen molar-refractivity contribution in [3.05, 3.63) is 65.9 Å². The second-order valence-corrected chi connectivity index (χ2v) is 5.43. The average molecular weight is 307 g/mol. The molecule has 0 atom stereocenters. The summed E-state index contributed by atoms with van der Waals surface area (Å²) in [6.07, 6.45) is 0. The Labute approximate surface area is 136 Å². The zero-order valence-electron chi connectivity index (χ0n) is 13.5. The van der Waals surface area contributed by atoms with Gasteiger partial charge in [-0.2, -0.15) is 5.10 Å². The summed E-state index contributed by atoms with van der Waals surface area (Å²) >= 11 is 0. The van der Waals surface area contributed by atoms with Crippen LogP contribution in [0.4, 0.5) is 0 Å². The molecule has 4 heteroatoms. The molecule has 0 radical (unpaired) electrons. The van der Waals surface area contributed by atoms with Crippen molar-refractivity contribution in [3.8, 4) is 22.7 Å². The Morgan fingerprint density at radius 3 is 2.35 bits per heavy atom. The molecule has 0 aliphatic heterocycles. The van der Waals surface area contributed by atoms with Gasteiger partial charge in [0, 0.05) is 12.1 Å². The lowest BCUT2D eigenvalue weighted by molar-refractivity contribution is 0.340. The molecular weight excluding hydrogens is 286 g/mol. The Morgan fingerprint density at radius 2 is 1.74 bits per heavy atom. The quantitative estimate of drug-likeness (QED) is 0.782. The van der Waals surface area contributed by atoms with Gasteiger partial charge in [0.2, 0.25) is 0 Å². The number of aryl methyl sites for hydroxylation is 1. The molecule has 1 heterocycles. The van der Waals surface area contributed by atoms with Gasteiger partial charge in [-0.25, -0.2) is 4.68 Å². The van der Waals surface area contributed by atoms with E-state index in [9.17, 15) is 0 Å². The maximum atomic E-state index is 5.78. The number of hydrogen-bond acceptors (Lipinski definition) is 3. The maximum Gasteiger partial charge on any atom is 0.119 e. The molecule has 1 aromatic heterocycles. The molecule has 2 N–H and O–H groups in total. The highest BCUT2D eigenvalue weighted by Gasteiger charge is 2.11. The van der Waals surface area contributed by atoms with E-state index in [-0.39, 0.29) is 0 Å². The third-order valence-corrected chi connectivity index (χ3v) is 3.71. The minimum absolute atomic E-state index is 0.420. The molecule has 23 heavy (non-hydrogen) atoms. The maximum absolute atomic E-state index is 5.78. The fourth-order valence-corrected chi connectivity index (χ4v) is 2.51. The fourth-order valence-electron chi connectivity index (χ4n) is 2.51. The van der Waals surface area contributed by atoms with Gasteiger partial charge in [-0.3, -0.25) is 0 Å². The Balaban J connectivity index is 2.04. The zero-order valence-corrected chi connectivity index (χ0v) is 13.5. The van der Waals surface area contributed by atoms with Crippen LogP contribution in [0.1, 0.15) is 18.2 Å². The molecule has 0 spiro atoms. The van der Waals surface area contributed by atoms with Gasteiger partial charge in [0.1, 0.15) is 5.75 Å². The third-order valence-electron chi connectivity index (χ3n) is 3.71. The van der Waals surface area contributed by atoms with E-state index in [4.69, 9.17) is 10.5 Å². The van der Waals surface area contributed by atoms with E-state index >= 15 is 0 Å². The lowest BCUT2D eigenvalue weighted by Crippen LogP contribution is -2.02. The molecule has 0 amide bonds. The summed E-state index contributed by atoms with van der Waals surface area (Å²) < 4.78 is 7.43. The Bertz CT molecular complexity index is 773. The standard InChI is InChI=1S/C19H21N3O/c1-3-23-18-10-8-17(9-11-18)22-19(12-16(13-20)21-22)15-6-4-14(2)5-7-15/h4-12H,3,13,20H2,1-2H3. The van der Waals surface area contributed by atoms with E-state index in [2.05, 4.69) is 36.3 Å². The smallest absolute Gasteiger partial charge is 0.119 e. The van der Waals surface area contributed by atoms with E-state index in [1.54, 1.807) is 0 Å². The number of benzene rings is 2. The largest absolute Gasteiger partial charge is 0.494 e. The minimum atomic E-state index is 0.420. The highest BCUT2D eigenvalue weighted by Crippen LogP contribution is 2.25. The van der Waals surface area contributed by atoms with Gasteiger partial charge >= 0.3 is 0 Å². The van der Waals surface area contributed by atoms with Crippen molar-refractivity contribution < 1.29 is 4.74 Å². The van der Waals surface area contributed by atoms with Gasteiger partial charge in [-0.15, -0.1) is 0 Å². The first-order valence-corrected chi connectivity index (χ1v) is 7.80. The molecule has 0 saturated carbocycles. The molecule has 0 fully saturated rings. The average Bonchev–Trinajstić information content (AvgIpc) is 3.01. The highest BCUT2D eigenvalue weighted by atomic mass is 16.5. The van der Waals surface area contributed by atoms with Crippen LogP contribution in [0.25, 0.3) is 16.9 Å². The number of hydrogen-bond donors (Lipinski definition) is 1. The Kier molecular flexibility index (Phi) is 4.44. The van der Waals surface area contributed by atoms with E-state index in [0.717, 1.165) is 28.4 Å². The lowest BCUT2D eigenvalue weighted by Gasteiger charge is -2.09. The summed E-state index contributed by atoms with van der Waals surface area (Å²) in [6, 6.07) is 18.4. The van der Waals surface area contributed by atoms with Crippen LogP contribution in [0.15, 0.2) is 54.6 Å². The summed E-state index contributed by atoms with van der Waals surface area (Å²) in [7, 11) is 0. The normalized spacial score (nSPS) is 10.7. The monoisotopic (exact) mass is 307 g/mol. The molecule has 3 aromatic rings. The molecular formula is C19H21N3O. The van der Waals surface area contributed by atoms with E-state index in [0.29, 0.717) is 13.2 Å². The van der Waals surface area contributed by atoms with E-state index in [1.807, 2.05) is 41.9 Å². The van der Waals surface area contributed by atoms with Crippen molar-refractivity contribution in [2.24, 2.45) is 5.73 Å². The van der Waals surface area contributed by atoms with Crippen molar-refractivity contribution in [3.63, 3.8) is 0 Å². The van der Waals surface area contributed by atoms with Crippen LogP contribution in [0.3, 0.4) is 0 Å². The zero-order chi connectivity index (χ0) is 16.2. The van der Waals surface area contributed by atoms with Crippen LogP contribution in [0.2, 0.25) is 0 Å². The van der Waals surface area contributed by atoms with E-state index in [1.165, 1.54) is 5.56 Å². The van der Waals surface area contributed by atoms with Gasteiger partial charge in [-0.05, 0) is 44.2 Å². The summed E-state index contributed by atoms with van der Waals surface area (Å²) in [4.78, 5) is 0. The molecule has 118 valence electrons. The van der Waals surface area contributed by atoms with Crippen LogP contribution in [-0.2, 0) is 6.54 Å². The predicted molar refractivity (Wildman–Crippen MR) is 92.8 cm³/mol.